The first-order valence-electron chi connectivity index (χ1n) is 8.59. The predicted octanol–water partition coefficient (Wildman–Crippen LogP) is 3.94. The molecule has 0 saturated carbocycles. The monoisotopic (exact) mass is 355 g/mol. The maximum atomic E-state index is 12.4. The third-order valence-electron chi connectivity index (χ3n) is 4.05. The van der Waals surface area contributed by atoms with Crippen molar-refractivity contribution in [1.29, 1.82) is 0 Å². The minimum Gasteiger partial charge on any atom is -0.504 e. The second-order valence-corrected chi connectivity index (χ2v) is 5.99. The summed E-state index contributed by atoms with van der Waals surface area (Å²) in [5.74, 6) is -0.684. The lowest BCUT2D eigenvalue weighted by Crippen LogP contribution is -2.19. The van der Waals surface area contributed by atoms with Gasteiger partial charge in [0, 0.05) is 24.2 Å². The fourth-order valence-corrected chi connectivity index (χ4v) is 2.67. The smallest absolute Gasteiger partial charge is 0.204 e. The predicted molar refractivity (Wildman–Crippen MR) is 99.4 cm³/mol. The standard InChI is InChI=1S/C20H21NO5/c1-2-3-7-10-21-26-17-12-16-18(20(24)19(17)23)14(22)11-15(25-16)13-8-5-4-6-9-13/h4-6,8-9,11-12,21,23-24H,2-3,7,10H2,1H3. The SMILES string of the molecule is CCCCCNOc1cc2oc(-c3ccccc3)cc(=O)c2c(O)c1O. The summed E-state index contributed by atoms with van der Waals surface area (Å²) >= 11 is 0. The number of phenols is 2. The van der Waals surface area contributed by atoms with Gasteiger partial charge in [-0.15, -0.1) is 0 Å². The molecule has 0 bridgehead atoms. The fraction of sp³-hybridized carbons (Fsp3) is 0.250. The summed E-state index contributed by atoms with van der Waals surface area (Å²) in [6.07, 6.45) is 3.06. The molecule has 1 aromatic heterocycles. The quantitative estimate of drug-likeness (QED) is 0.338. The molecular weight excluding hydrogens is 334 g/mol. The maximum absolute atomic E-state index is 12.4. The summed E-state index contributed by atoms with van der Waals surface area (Å²) in [6.45, 7) is 2.69. The zero-order valence-corrected chi connectivity index (χ0v) is 14.5. The van der Waals surface area contributed by atoms with Gasteiger partial charge in [0.25, 0.3) is 0 Å². The molecule has 3 rings (SSSR count). The van der Waals surface area contributed by atoms with E-state index in [-0.39, 0.29) is 16.7 Å². The van der Waals surface area contributed by atoms with E-state index in [4.69, 9.17) is 9.25 Å². The second kappa shape index (κ2) is 7.93. The van der Waals surface area contributed by atoms with Gasteiger partial charge in [-0.3, -0.25) is 4.79 Å². The minimum atomic E-state index is -0.554. The van der Waals surface area contributed by atoms with Crippen LogP contribution < -0.4 is 15.7 Å². The van der Waals surface area contributed by atoms with Crippen LogP contribution in [-0.4, -0.2) is 16.8 Å². The Labute approximate surface area is 150 Å². The maximum Gasteiger partial charge on any atom is 0.204 e. The van der Waals surface area contributed by atoms with E-state index in [0.29, 0.717) is 12.3 Å². The van der Waals surface area contributed by atoms with Gasteiger partial charge in [-0.25, -0.2) is 0 Å². The number of fused-ring (bicyclic) bond motifs is 1. The van der Waals surface area contributed by atoms with Crippen LogP contribution in [0.2, 0.25) is 0 Å². The third kappa shape index (κ3) is 3.65. The highest BCUT2D eigenvalue weighted by molar-refractivity contribution is 5.89. The largest absolute Gasteiger partial charge is 0.504 e. The van der Waals surface area contributed by atoms with Crippen LogP contribution in [0.15, 0.2) is 51.7 Å². The molecule has 3 aromatic rings. The highest BCUT2D eigenvalue weighted by Gasteiger charge is 2.19. The molecule has 3 N–H and O–H groups in total. The Balaban J connectivity index is 1.98. The van der Waals surface area contributed by atoms with Crippen LogP contribution in [0.1, 0.15) is 26.2 Å². The summed E-state index contributed by atoms with van der Waals surface area (Å²) in [6, 6.07) is 11.9. The lowest BCUT2D eigenvalue weighted by atomic mass is 10.1. The number of phenolic OH excluding ortho intramolecular Hbond substituents is 2. The van der Waals surface area contributed by atoms with Crippen LogP contribution in [0.3, 0.4) is 0 Å². The average molecular weight is 355 g/mol. The first-order valence-corrected chi connectivity index (χ1v) is 8.59. The molecule has 0 unspecified atom stereocenters. The van der Waals surface area contributed by atoms with Gasteiger partial charge >= 0.3 is 0 Å². The van der Waals surface area contributed by atoms with Crippen molar-refractivity contribution in [1.82, 2.24) is 5.48 Å². The van der Waals surface area contributed by atoms with Crippen molar-refractivity contribution in [2.75, 3.05) is 6.54 Å². The number of aromatic hydroxyl groups is 2. The number of nitrogens with one attached hydrogen (secondary N) is 1. The zero-order valence-electron chi connectivity index (χ0n) is 14.5. The summed E-state index contributed by atoms with van der Waals surface area (Å²) in [5.41, 5.74) is 3.17. The van der Waals surface area contributed by atoms with Gasteiger partial charge in [-0.05, 0) is 6.42 Å². The molecule has 2 aromatic carbocycles. The minimum absolute atomic E-state index is 0.000129. The van der Waals surface area contributed by atoms with Crippen LogP contribution in [0, 0.1) is 0 Å². The third-order valence-corrected chi connectivity index (χ3v) is 4.05. The van der Waals surface area contributed by atoms with E-state index in [1.54, 1.807) is 0 Å². The summed E-state index contributed by atoms with van der Waals surface area (Å²) in [4.78, 5) is 17.7. The Bertz CT molecular complexity index is 950. The van der Waals surface area contributed by atoms with Crippen molar-refractivity contribution in [3.8, 4) is 28.6 Å². The van der Waals surface area contributed by atoms with Gasteiger partial charge in [-0.1, -0.05) is 50.1 Å². The highest BCUT2D eigenvalue weighted by atomic mass is 16.6. The lowest BCUT2D eigenvalue weighted by molar-refractivity contribution is 0.184. The number of hydroxylamine groups is 1. The molecular formula is C20H21NO5. The van der Waals surface area contributed by atoms with Crippen LogP contribution in [-0.2, 0) is 0 Å². The van der Waals surface area contributed by atoms with Crippen molar-refractivity contribution >= 4 is 11.0 Å². The Hall–Kier alpha value is -2.99. The number of benzene rings is 2. The number of hydrogen-bond donors (Lipinski definition) is 3. The number of unbranched alkanes of at least 4 members (excludes halogenated alkanes) is 2. The molecule has 0 aliphatic carbocycles. The van der Waals surface area contributed by atoms with Gasteiger partial charge in [0.1, 0.15) is 16.7 Å². The molecule has 136 valence electrons. The van der Waals surface area contributed by atoms with Crippen molar-refractivity contribution in [2.45, 2.75) is 26.2 Å². The number of hydrogen-bond acceptors (Lipinski definition) is 6. The van der Waals surface area contributed by atoms with Gasteiger partial charge in [-0.2, -0.15) is 5.48 Å². The van der Waals surface area contributed by atoms with Gasteiger partial charge in [0.05, 0.1) is 0 Å². The summed E-state index contributed by atoms with van der Waals surface area (Å²) in [7, 11) is 0. The molecule has 26 heavy (non-hydrogen) atoms. The molecule has 0 fully saturated rings. The van der Waals surface area contributed by atoms with Crippen molar-refractivity contribution in [2.24, 2.45) is 0 Å². The van der Waals surface area contributed by atoms with Crippen LogP contribution in [0.4, 0.5) is 0 Å². The summed E-state index contributed by atoms with van der Waals surface area (Å²) < 4.78 is 5.77. The Kier molecular flexibility index (Phi) is 5.43. The molecule has 0 aliphatic rings. The van der Waals surface area contributed by atoms with Crippen LogP contribution >= 0.6 is 0 Å². The summed E-state index contributed by atoms with van der Waals surface area (Å²) in [5, 5.41) is 20.2. The van der Waals surface area contributed by atoms with Crippen molar-refractivity contribution in [3.63, 3.8) is 0 Å². The molecule has 0 radical (unpaired) electrons. The highest BCUT2D eigenvalue weighted by Crippen LogP contribution is 2.41. The molecule has 0 saturated heterocycles. The Morgan fingerprint density at radius 2 is 1.85 bits per heavy atom. The van der Waals surface area contributed by atoms with E-state index in [0.717, 1.165) is 24.8 Å². The molecule has 0 aliphatic heterocycles. The van der Waals surface area contributed by atoms with E-state index in [9.17, 15) is 15.0 Å². The van der Waals surface area contributed by atoms with E-state index in [1.165, 1.54) is 12.1 Å². The van der Waals surface area contributed by atoms with Gasteiger partial charge < -0.3 is 19.5 Å². The normalized spacial score (nSPS) is 11.0. The number of rotatable bonds is 7. The first kappa shape index (κ1) is 17.8. The Morgan fingerprint density at radius 3 is 2.58 bits per heavy atom. The molecule has 0 spiro atoms. The first-order chi connectivity index (χ1) is 12.6. The Morgan fingerprint density at radius 1 is 1.08 bits per heavy atom. The van der Waals surface area contributed by atoms with Crippen LogP contribution in [0.5, 0.6) is 17.2 Å². The van der Waals surface area contributed by atoms with Gasteiger partial charge in [0.2, 0.25) is 5.75 Å². The van der Waals surface area contributed by atoms with Crippen LogP contribution in [0.25, 0.3) is 22.3 Å². The zero-order chi connectivity index (χ0) is 18.5. The van der Waals surface area contributed by atoms with Crippen molar-refractivity contribution < 1.29 is 19.5 Å². The second-order valence-electron chi connectivity index (χ2n) is 5.99. The molecule has 0 atom stereocenters. The molecule has 0 amide bonds. The fourth-order valence-electron chi connectivity index (χ4n) is 2.67. The molecule has 1 heterocycles. The van der Waals surface area contributed by atoms with E-state index >= 15 is 0 Å². The van der Waals surface area contributed by atoms with E-state index < -0.39 is 16.9 Å². The van der Waals surface area contributed by atoms with Crippen molar-refractivity contribution in [3.05, 3.63) is 52.7 Å². The van der Waals surface area contributed by atoms with E-state index in [2.05, 4.69) is 12.4 Å². The lowest BCUT2D eigenvalue weighted by Gasteiger charge is -2.11. The van der Waals surface area contributed by atoms with E-state index in [1.807, 2.05) is 30.3 Å². The topological polar surface area (TPSA) is 91.9 Å². The molecule has 6 nitrogen and oxygen atoms in total. The average Bonchev–Trinajstić information content (AvgIpc) is 2.65. The molecule has 6 heteroatoms. The van der Waals surface area contributed by atoms with Gasteiger partial charge in [0.15, 0.2) is 16.9 Å².